The zero-order chi connectivity index (χ0) is 16.5. The Morgan fingerprint density at radius 3 is 2.32 bits per heavy atom. The Hall–Kier alpha value is -0.660. The largest absolute Gasteiger partial charge is 0.352 e. The van der Waals surface area contributed by atoms with Gasteiger partial charge in [-0.15, -0.1) is 0 Å². The fourth-order valence-corrected chi connectivity index (χ4v) is 5.42. The fraction of sp³-hybridized carbons (Fsp3) is 0.600. The van der Waals surface area contributed by atoms with Crippen molar-refractivity contribution in [2.24, 2.45) is 0 Å². The quantitative estimate of drug-likeness (QED) is 0.742. The zero-order valence-electron chi connectivity index (χ0n) is 13.3. The van der Waals surface area contributed by atoms with E-state index in [1.807, 2.05) is 27.7 Å². The number of hydrogen-bond donors (Lipinski definition) is 0. The number of halogens is 1. The highest BCUT2D eigenvalue weighted by molar-refractivity contribution is 7.89. The first kappa shape index (κ1) is 17.7. The number of fused-ring (bicyclic) bond motifs is 1. The molecule has 22 heavy (non-hydrogen) atoms. The molecule has 0 saturated heterocycles. The van der Waals surface area contributed by atoms with Crippen LogP contribution >= 0.6 is 11.6 Å². The molecule has 0 aromatic heterocycles. The van der Waals surface area contributed by atoms with Crippen molar-refractivity contribution in [1.82, 2.24) is 4.31 Å². The molecule has 0 fully saturated rings. The topological polar surface area (TPSA) is 55.8 Å². The van der Waals surface area contributed by atoms with E-state index in [0.29, 0.717) is 23.8 Å². The highest BCUT2D eigenvalue weighted by atomic mass is 35.5. The van der Waals surface area contributed by atoms with E-state index in [9.17, 15) is 8.42 Å². The molecule has 1 heterocycles. The number of hydrogen-bond acceptors (Lipinski definition) is 4. The number of benzene rings is 1. The highest BCUT2D eigenvalue weighted by Crippen LogP contribution is 2.46. The van der Waals surface area contributed by atoms with E-state index in [2.05, 4.69) is 0 Å². The van der Waals surface area contributed by atoms with Crippen molar-refractivity contribution in [1.29, 1.82) is 0 Å². The number of nitrogens with zero attached hydrogens (tertiary/aromatic N) is 1. The van der Waals surface area contributed by atoms with Gasteiger partial charge in [-0.2, -0.15) is 4.31 Å². The summed E-state index contributed by atoms with van der Waals surface area (Å²) in [6.07, 6.45) is -0.600. The maximum atomic E-state index is 12.9. The van der Waals surface area contributed by atoms with Crippen molar-refractivity contribution in [3.63, 3.8) is 0 Å². The molecule has 124 valence electrons. The fourth-order valence-electron chi connectivity index (χ4n) is 2.84. The molecule has 0 N–H and O–H groups in total. The Bertz CT molecular complexity index is 639. The molecule has 1 aromatic rings. The summed E-state index contributed by atoms with van der Waals surface area (Å²) in [5.74, 6) is 0. The van der Waals surface area contributed by atoms with Crippen molar-refractivity contribution < 1.29 is 17.9 Å². The molecule has 5 nitrogen and oxygen atoms in total. The minimum atomic E-state index is -3.62. The van der Waals surface area contributed by atoms with E-state index < -0.39 is 21.9 Å². The van der Waals surface area contributed by atoms with E-state index in [4.69, 9.17) is 21.1 Å². The lowest BCUT2D eigenvalue weighted by atomic mass is 9.94. The first-order valence-electron chi connectivity index (χ1n) is 7.31. The van der Waals surface area contributed by atoms with Crippen molar-refractivity contribution in [2.45, 2.75) is 44.4 Å². The minimum Gasteiger partial charge on any atom is -0.352 e. The van der Waals surface area contributed by atoms with Crippen LogP contribution in [0.15, 0.2) is 23.1 Å². The number of ether oxygens (including phenoxy) is 2. The van der Waals surface area contributed by atoms with Gasteiger partial charge in [0.15, 0.2) is 6.29 Å². The van der Waals surface area contributed by atoms with Crippen LogP contribution in [-0.4, -0.2) is 38.8 Å². The van der Waals surface area contributed by atoms with Gasteiger partial charge < -0.3 is 9.47 Å². The van der Waals surface area contributed by atoms with E-state index in [1.165, 1.54) is 4.31 Å². The van der Waals surface area contributed by atoms with Crippen molar-refractivity contribution in [2.75, 3.05) is 19.8 Å². The first-order chi connectivity index (χ1) is 10.3. The van der Waals surface area contributed by atoms with Crippen LogP contribution in [0.2, 0.25) is 5.02 Å². The van der Waals surface area contributed by atoms with Gasteiger partial charge >= 0.3 is 0 Å². The lowest BCUT2D eigenvalue weighted by Gasteiger charge is -2.33. The van der Waals surface area contributed by atoms with Crippen LogP contribution < -0.4 is 0 Å². The third-order valence-electron chi connectivity index (χ3n) is 3.80. The Balaban J connectivity index is 2.44. The maximum Gasteiger partial charge on any atom is 0.244 e. The van der Waals surface area contributed by atoms with Gasteiger partial charge in [0.2, 0.25) is 10.0 Å². The molecule has 0 radical (unpaired) electrons. The minimum absolute atomic E-state index is 0.127. The molecule has 0 atom stereocenters. The molecule has 0 bridgehead atoms. The monoisotopic (exact) mass is 347 g/mol. The van der Waals surface area contributed by atoms with E-state index in [0.717, 1.165) is 0 Å². The highest BCUT2D eigenvalue weighted by Gasteiger charge is 2.50. The summed E-state index contributed by atoms with van der Waals surface area (Å²) in [6, 6.07) is 4.96. The molecule has 0 amide bonds. The maximum absolute atomic E-state index is 12.9. The van der Waals surface area contributed by atoms with Gasteiger partial charge in [0, 0.05) is 23.8 Å². The molecule has 1 aliphatic heterocycles. The number of sulfonamides is 1. The average Bonchev–Trinajstić information content (AvgIpc) is 2.58. The number of rotatable bonds is 6. The second kappa shape index (κ2) is 6.45. The molecule has 0 saturated carbocycles. The van der Waals surface area contributed by atoms with Gasteiger partial charge in [-0.25, -0.2) is 8.42 Å². The smallest absolute Gasteiger partial charge is 0.244 e. The molecule has 7 heteroatoms. The lowest BCUT2D eigenvalue weighted by molar-refractivity contribution is -0.145. The van der Waals surface area contributed by atoms with Crippen LogP contribution in [0.5, 0.6) is 0 Å². The standard InChI is InChI=1S/C15H22ClNO4S/c1-5-20-13(21-6-2)10-17-15(3,4)14-11(16)8-7-9-12(14)22(17,18)19/h7-9,13H,5-6,10H2,1-4H3. The van der Waals surface area contributed by atoms with Crippen molar-refractivity contribution >= 4 is 21.6 Å². The predicted octanol–water partition coefficient (Wildman–Crippen LogP) is 2.98. The third-order valence-corrected chi connectivity index (χ3v) is 6.20. The Morgan fingerprint density at radius 1 is 1.23 bits per heavy atom. The summed E-state index contributed by atoms with van der Waals surface area (Å²) in [5, 5.41) is 0.456. The van der Waals surface area contributed by atoms with Gasteiger partial charge in [0.05, 0.1) is 17.0 Å². The van der Waals surface area contributed by atoms with Gasteiger partial charge in [0.1, 0.15) is 0 Å². The lowest BCUT2D eigenvalue weighted by Crippen LogP contribution is -2.45. The molecule has 1 aromatic carbocycles. The first-order valence-corrected chi connectivity index (χ1v) is 9.13. The SMILES string of the molecule is CCOC(CN1C(C)(C)c2c(Cl)cccc2S1(=O)=O)OCC. The molecular weight excluding hydrogens is 326 g/mol. The van der Waals surface area contributed by atoms with Crippen LogP contribution in [0.3, 0.4) is 0 Å². The second-order valence-corrected chi connectivity index (χ2v) is 7.79. The predicted molar refractivity (Wildman–Crippen MR) is 85.4 cm³/mol. The Labute approximate surface area is 137 Å². The van der Waals surface area contributed by atoms with E-state index in [-0.39, 0.29) is 11.4 Å². The van der Waals surface area contributed by atoms with E-state index >= 15 is 0 Å². The van der Waals surface area contributed by atoms with Crippen LogP contribution in [-0.2, 0) is 25.0 Å². The summed E-state index contributed by atoms with van der Waals surface area (Å²) < 4.78 is 38.1. The molecule has 1 aliphatic rings. The zero-order valence-corrected chi connectivity index (χ0v) is 14.9. The molecule has 0 unspecified atom stereocenters. The normalized spacial score (nSPS) is 19.5. The van der Waals surface area contributed by atoms with E-state index in [1.54, 1.807) is 18.2 Å². The third kappa shape index (κ3) is 2.90. The molecule has 0 spiro atoms. The Kier molecular flexibility index (Phi) is 5.19. The summed E-state index contributed by atoms with van der Waals surface area (Å²) in [7, 11) is -3.62. The summed E-state index contributed by atoms with van der Waals surface area (Å²) in [4.78, 5) is 0.261. The molecule has 2 rings (SSSR count). The summed E-state index contributed by atoms with van der Waals surface area (Å²) in [5.41, 5.74) is -0.123. The van der Waals surface area contributed by atoms with Crippen molar-refractivity contribution in [3.05, 3.63) is 28.8 Å². The average molecular weight is 348 g/mol. The molecule has 0 aliphatic carbocycles. The molecular formula is C15H22ClNO4S. The van der Waals surface area contributed by atoms with Gasteiger partial charge in [-0.1, -0.05) is 17.7 Å². The van der Waals surface area contributed by atoms with Crippen LogP contribution in [0.4, 0.5) is 0 Å². The van der Waals surface area contributed by atoms with Crippen LogP contribution in [0, 0.1) is 0 Å². The van der Waals surface area contributed by atoms with Gasteiger partial charge in [0.25, 0.3) is 0 Å². The van der Waals surface area contributed by atoms with Crippen LogP contribution in [0.25, 0.3) is 0 Å². The summed E-state index contributed by atoms with van der Waals surface area (Å²) >= 11 is 6.25. The Morgan fingerprint density at radius 2 is 1.82 bits per heavy atom. The van der Waals surface area contributed by atoms with Gasteiger partial charge in [-0.05, 0) is 39.8 Å². The second-order valence-electron chi connectivity index (χ2n) is 5.55. The van der Waals surface area contributed by atoms with Crippen molar-refractivity contribution in [3.8, 4) is 0 Å². The summed E-state index contributed by atoms with van der Waals surface area (Å²) in [6.45, 7) is 8.42. The van der Waals surface area contributed by atoms with Gasteiger partial charge in [-0.3, -0.25) is 0 Å². The van der Waals surface area contributed by atoms with Crippen LogP contribution in [0.1, 0.15) is 33.3 Å².